The highest BCUT2D eigenvalue weighted by Gasteiger charge is 2.15. The first-order chi connectivity index (χ1) is 9.61. The minimum atomic E-state index is 0.115. The van der Waals surface area contributed by atoms with E-state index in [4.69, 9.17) is 34.8 Å². The Hall–Kier alpha value is -0.730. The van der Waals surface area contributed by atoms with E-state index in [-0.39, 0.29) is 6.04 Å². The van der Waals surface area contributed by atoms with Gasteiger partial charge in [-0.15, -0.1) is 0 Å². The summed E-state index contributed by atoms with van der Waals surface area (Å²) in [5.41, 5.74) is 2.09. The topological polar surface area (TPSA) is 12.0 Å². The summed E-state index contributed by atoms with van der Waals surface area (Å²) in [5, 5.41) is 5.63. The zero-order chi connectivity index (χ0) is 14.5. The number of likely N-dealkylation sites (N-methyl/N-ethyl adjacent to an activating group) is 1. The molecule has 0 spiro atoms. The lowest BCUT2D eigenvalue weighted by atomic mass is 9.98. The molecule has 2 rings (SSSR count). The molecule has 0 aliphatic heterocycles. The SMILES string of the molecule is CCNC(Cc1cc(Cl)ccc1Cl)c1ccccc1Cl. The number of hydrogen-bond donors (Lipinski definition) is 1. The summed E-state index contributed by atoms with van der Waals surface area (Å²) in [6, 6.07) is 13.5. The number of benzene rings is 2. The molecule has 1 N–H and O–H groups in total. The van der Waals surface area contributed by atoms with Crippen LogP contribution in [0.15, 0.2) is 42.5 Å². The molecule has 0 radical (unpaired) electrons. The van der Waals surface area contributed by atoms with Crippen LogP contribution in [0, 0.1) is 0 Å². The van der Waals surface area contributed by atoms with Gasteiger partial charge >= 0.3 is 0 Å². The maximum Gasteiger partial charge on any atom is 0.0453 e. The predicted octanol–water partition coefficient (Wildman–Crippen LogP) is 5.54. The van der Waals surface area contributed by atoms with Crippen molar-refractivity contribution < 1.29 is 0 Å². The molecule has 20 heavy (non-hydrogen) atoms. The Labute approximate surface area is 134 Å². The summed E-state index contributed by atoms with van der Waals surface area (Å²) < 4.78 is 0. The van der Waals surface area contributed by atoms with E-state index in [1.807, 2.05) is 36.4 Å². The lowest BCUT2D eigenvalue weighted by Gasteiger charge is -2.20. The van der Waals surface area contributed by atoms with Crippen LogP contribution in [0.25, 0.3) is 0 Å². The fourth-order valence-corrected chi connectivity index (χ4v) is 2.87. The second kappa shape index (κ2) is 7.33. The van der Waals surface area contributed by atoms with Crippen molar-refractivity contribution in [2.75, 3.05) is 6.54 Å². The average Bonchev–Trinajstić information content (AvgIpc) is 2.43. The van der Waals surface area contributed by atoms with Crippen LogP contribution in [0.1, 0.15) is 24.1 Å². The van der Waals surface area contributed by atoms with Gasteiger partial charge in [0.05, 0.1) is 0 Å². The second-order valence-corrected chi connectivity index (χ2v) is 5.82. The van der Waals surface area contributed by atoms with Gasteiger partial charge in [-0.3, -0.25) is 0 Å². The normalized spacial score (nSPS) is 12.4. The molecule has 2 aromatic rings. The molecule has 0 saturated carbocycles. The fourth-order valence-electron chi connectivity index (χ4n) is 2.22. The van der Waals surface area contributed by atoms with Crippen LogP contribution in [0.2, 0.25) is 15.1 Å². The van der Waals surface area contributed by atoms with Gasteiger partial charge < -0.3 is 5.32 Å². The number of nitrogens with one attached hydrogen (secondary N) is 1. The molecule has 1 atom stereocenters. The molecule has 0 saturated heterocycles. The van der Waals surface area contributed by atoms with Crippen LogP contribution in [-0.4, -0.2) is 6.54 Å². The molecular formula is C16H16Cl3N. The molecule has 1 nitrogen and oxygen atoms in total. The summed E-state index contributed by atoms with van der Waals surface area (Å²) in [6.07, 6.45) is 0.747. The Morgan fingerprint density at radius 2 is 1.75 bits per heavy atom. The van der Waals surface area contributed by atoms with Crippen molar-refractivity contribution in [2.45, 2.75) is 19.4 Å². The van der Waals surface area contributed by atoms with E-state index < -0.39 is 0 Å². The smallest absolute Gasteiger partial charge is 0.0453 e. The largest absolute Gasteiger partial charge is 0.310 e. The highest BCUT2D eigenvalue weighted by Crippen LogP contribution is 2.29. The van der Waals surface area contributed by atoms with Crippen molar-refractivity contribution >= 4 is 34.8 Å². The molecule has 0 heterocycles. The molecule has 0 aromatic heterocycles. The molecular weight excluding hydrogens is 313 g/mol. The molecule has 1 unspecified atom stereocenters. The van der Waals surface area contributed by atoms with Crippen molar-refractivity contribution in [2.24, 2.45) is 0 Å². The Balaban J connectivity index is 2.30. The van der Waals surface area contributed by atoms with Crippen LogP contribution in [0.3, 0.4) is 0 Å². The minimum Gasteiger partial charge on any atom is -0.310 e. The third kappa shape index (κ3) is 3.89. The average molecular weight is 329 g/mol. The van der Waals surface area contributed by atoms with Gasteiger partial charge in [-0.2, -0.15) is 0 Å². The summed E-state index contributed by atoms with van der Waals surface area (Å²) in [5.74, 6) is 0. The van der Waals surface area contributed by atoms with Crippen LogP contribution in [-0.2, 0) is 6.42 Å². The van der Waals surface area contributed by atoms with Gasteiger partial charge in [0.1, 0.15) is 0 Å². The van der Waals surface area contributed by atoms with Gasteiger partial charge in [0, 0.05) is 21.1 Å². The lowest BCUT2D eigenvalue weighted by Crippen LogP contribution is -2.23. The maximum atomic E-state index is 6.29. The molecule has 0 aliphatic rings. The van der Waals surface area contributed by atoms with Crippen LogP contribution >= 0.6 is 34.8 Å². The first-order valence-electron chi connectivity index (χ1n) is 6.53. The maximum absolute atomic E-state index is 6.29. The summed E-state index contributed by atoms with van der Waals surface area (Å²) >= 11 is 18.6. The Bertz CT molecular complexity index is 584. The van der Waals surface area contributed by atoms with Crippen LogP contribution in [0.5, 0.6) is 0 Å². The van der Waals surface area contributed by atoms with E-state index in [0.29, 0.717) is 5.02 Å². The zero-order valence-corrected chi connectivity index (χ0v) is 13.4. The van der Waals surface area contributed by atoms with E-state index in [0.717, 1.165) is 34.1 Å². The number of rotatable bonds is 5. The Morgan fingerprint density at radius 3 is 2.45 bits per heavy atom. The van der Waals surface area contributed by atoms with Gasteiger partial charge in [0.2, 0.25) is 0 Å². The Morgan fingerprint density at radius 1 is 1.00 bits per heavy atom. The number of hydrogen-bond acceptors (Lipinski definition) is 1. The van der Waals surface area contributed by atoms with Gasteiger partial charge in [-0.25, -0.2) is 0 Å². The molecule has 0 fully saturated rings. The van der Waals surface area contributed by atoms with Crippen molar-refractivity contribution in [1.82, 2.24) is 5.32 Å². The van der Waals surface area contributed by atoms with Crippen molar-refractivity contribution in [3.8, 4) is 0 Å². The van der Waals surface area contributed by atoms with Gasteiger partial charge in [-0.1, -0.05) is 59.9 Å². The van der Waals surface area contributed by atoms with E-state index in [9.17, 15) is 0 Å². The fraction of sp³-hybridized carbons (Fsp3) is 0.250. The van der Waals surface area contributed by atoms with Crippen molar-refractivity contribution in [3.63, 3.8) is 0 Å². The van der Waals surface area contributed by atoms with Crippen LogP contribution in [0.4, 0.5) is 0 Å². The first-order valence-corrected chi connectivity index (χ1v) is 7.67. The van der Waals surface area contributed by atoms with Gasteiger partial charge in [-0.05, 0) is 48.4 Å². The molecule has 0 aliphatic carbocycles. The quantitative estimate of drug-likeness (QED) is 0.760. The molecule has 4 heteroatoms. The van der Waals surface area contributed by atoms with E-state index in [2.05, 4.69) is 12.2 Å². The molecule has 2 aromatic carbocycles. The lowest BCUT2D eigenvalue weighted by molar-refractivity contribution is 0.550. The van der Waals surface area contributed by atoms with E-state index >= 15 is 0 Å². The standard InChI is InChI=1S/C16H16Cl3N/c1-2-20-16(13-5-3-4-6-15(13)19)10-11-9-12(17)7-8-14(11)18/h3-9,16,20H,2,10H2,1H3. The van der Waals surface area contributed by atoms with E-state index in [1.54, 1.807) is 6.07 Å². The monoisotopic (exact) mass is 327 g/mol. The first kappa shape index (κ1) is 15.7. The molecule has 0 bridgehead atoms. The molecule has 106 valence electrons. The van der Waals surface area contributed by atoms with Crippen LogP contribution < -0.4 is 5.32 Å². The summed E-state index contributed by atoms with van der Waals surface area (Å²) in [7, 11) is 0. The third-order valence-electron chi connectivity index (χ3n) is 3.16. The predicted molar refractivity (Wildman–Crippen MR) is 88.0 cm³/mol. The second-order valence-electron chi connectivity index (χ2n) is 4.57. The minimum absolute atomic E-state index is 0.115. The summed E-state index contributed by atoms with van der Waals surface area (Å²) in [4.78, 5) is 0. The highest BCUT2D eigenvalue weighted by atomic mass is 35.5. The van der Waals surface area contributed by atoms with Gasteiger partial charge in [0.15, 0.2) is 0 Å². The van der Waals surface area contributed by atoms with E-state index in [1.165, 1.54) is 0 Å². The number of halogens is 3. The highest BCUT2D eigenvalue weighted by molar-refractivity contribution is 6.33. The molecule has 0 amide bonds. The summed E-state index contributed by atoms with van der Waals surface area (Å²) in [6.45, 7) is 2.93. The van der Waals surface area contributed by atoms with Crippen molar-refractivity contribution in [3.05, 3.63) is 68.7 Å². The van der Waals surface area contributed by atoms with Crippen molar-refractivity contribution in [1.29, 1.82) is 0 Å². The third-order valence-corrected chi connectivity index (χ3v) is 4.11. The Kier molecular flexibility index (Phi) is 5.74. The van der Waals surface area contributed by atoms with Gasteiger partial charge in [0.25, 0.3) is 0 Å². The zero-order valence-electron chi connectivity index (χ0n) is 11.2.